The van der Waals surface area contributed by atoms with E-state index in [0.717, 1.165) is 0 Å². The predicted molar refractivity (Wildman–Crippen MR) is 284 cm³/mol. The average Bonchev–Trinajstić information content (AvgIpc) is 3.86. The first-order chi connectivity index (χ1) is 31.4. The Bertz CT molecular complexity index is 3390. The zero-order chi connectivity index (χ0) is 45.6. The van der Waals surface area contributed by atoms with E-state index in [0.29, 0.717) is 5.92 Å². The van der Waals surface area contributed by atoms with Gasteiger partial charge < -0.3 is 13.9 Å². The summed E-state index contributed by atoms with van der Waals surface area (Å²) in [5.74, 6) is 0.585. The van der Waals surface area contributed by atoms with Crippen LogP contribution in [0.1, 0.15) is 168 Å². The number of hydrogen-bond donors (Lipinski definition) is 0. The molecule has 0 saturated heterocycles. The van der Waals surface area contributed by atoms with Crippen LogP contribution in [0.4, 0.5) is 5.69 Å². The predicted octanol–water partition coefficient (Wildman–Crippen LogP) is 15.3. The number of para-hydroxylation sites is 1. The summed E-state index contributed by atoms with van der Waals surface area (Å²) in [7, 11) is 0. The molecule has 4 heteroatoms. The molecule has 2 atom stereocenters. The Kier molecular flexibility index (Phi) is 8.24. The van der Waals surface area contributed by atoms with E-state index in [-0.39, 0.29) is 34.0 Å². The zero-order valence-corrected chi connectivity index (χ0v) is 41.6. The largest absolute Gasteiger partial charge is 0.400 e. The van der Waals surface area contributed by atoms with Crippen LogP contribution < -0.4 is 15.7 Å². The Morgan fingerprint density at radius 1 is 0.545 bits per heavy atom. The highest BCUT2D eigenvalue weighted by molar-refractivity contribution is 6.93. The first kappa shape index (κ1) is 41.0. The third-order valence-corrected chi connectivity index (χ3v) is 18.3. The lowest BCUT2D eigenvalue weighted by Gasteiger charge is -2.54. The van der Waals surface area contributed by atoms with Crippen molar-refractivity contribution in [1.82, 2.24) is 9.13 Å². The summed E-state index contributed by atoms with van der Waals surface area (Å²) in [6.07, 6.45) is 11.6. The highest BCUT2D eigenvalue weighted by Crippen LogP contribution is 2.63. The van der Waals surface area contributed by atoms with Crippen LogP contribution in [0.15, 0.2) is 97.1 Å². The van der Waals surface area contributed by atoms with Crippen LogP contribution in [0.3, 0.4) is 0 Å². The van der Waals surface area contributed by atoms with Crippen LogP contribution in [0.25, 0.3) is 66.1 Å². The summed E-state index contributed by atoms with van der Waals surface area (Å²) in [5.41, 5.74) is 23.0. The first-order valence-electron chi connectivity index (χ1n) is 25.7. The van der Waals surface area contributed by atoms with Crippen molar-refractivity contribution >= 4 is 67.1 Å². The van der Waals surface area contributed by atoms with Crippen molar-refractivity contribution in [3.8, 4) is 22.5 Å². The lowest BCUT2D eigenvalue weighted by Crippen LogP contribution is -2.70. The zero-order valence-electron chi connectivity index (χ0n) is 41.6. The van der Waals surface area contributed by atoms with Gasteiger partial charge >= 0.3 is 6.85 Å². The van der Waals surface area contributed by atoms with Crippen molar-refractivity contribution in [2.45, 2.75) is 167 Å². The molecule has 6 aromatic carbocycles. The minimum atomic E-state index is -0.0347. The van der Waals surface area contributed by atoms with Crippen LogP contribution in [-0.4, -0.2) is 21.5 Å². The molecule has 5 heterocycles. The maximum absolute atomic E-state index is 3.05. The van der Waals surface area contributed by atoms with E-state index < -0.39 is 0 Å². The van der Waals surface area contributed by atoms with Gasteiger partial charge in [-0.15, -0.1) is 0 Å². The molecule has 0 N–H and O–H groups in total. The SMILES string of the molecule is CC(C)(C)c1cc2c3c(c1)C1(C)CCCCC1(C)N3B1c3c-2cc(C2CCCCC2)cc3-n2c3cc4c5cc(C(C)(C)C)ccc5n(-c5ccccc5)c4cc3c3cc(C(C)(C)C)cc1c32. The van der Waals surface area contributed by atoms with Crippen molar-refractivity contribution in [2.24, 2.45) is 0 Å². The topological polar surface area (TPSA) is 13.1 Å². The molecule has 2 saturated carbocycles. The highest BCUT2D eigenvalue weighted by atomic mass is 15.2. The van der Waals surface area contributed by atoms with Gasteiger partial charge in [0.05, 0.1) is 22.1 Å². The Morgan fingerprint density at radius 3 is 1.89 bits per heavy atom. The maximum atomic E-state index is 3.05. The number of aromatic nitrogens is 2. The molecule has 0 amide bonds. The number of benzene rings is 6. The van der Waals surface area contributed by atoms with E-state index in [1.54, 1.807) is 16.8 Å². The number of anilines is 1. The third-order valence-electron chi connectivity index (χ3n) is 18.3. The standard InChI is InChI=1S/C62H68BN3/c1-58(2,3)39-24-25-51-43(30-39)44-35-53-45(36-52(44)64(51)42-22-16-13-17-23-42)47-32-41(60(7,8)9)34-50-57(47)65(53)54-29-38(37-20-14-12-15-21-37)28-46-48-31-40(59(4,5)6)33-49-56(48)66(63(50)55(46)54)62(11)27-19-18-26-61(49,62)10/h13,16-17,22-25,28-37H,12,14-15,18-21,26-27H2,1-11H3. The minimum absolute atomic E-state index is 0.0232. The molecule has 2 fully saturated rings. The van der Waals surface area contributed by atoms with E-state index in [1.807, 2.05) is 0 Å². The summed E-state index contributed by atoms with van der Waals surface area (Å²) in [4.78, 5) is 3.05. The molecule has 3 nitrogen and oxygen atoms in total. The van der Waals surface area contributed by atoms with Gasteiger partial charge in [-0.05, 0) is 154 Å². The van der Waals surface area contributed by atoms with Crippen LogP contribution in [0.2, 0.25) is 0 Å². The molecule has 0 bridgehead atoms. The second kappa shape index (κ2) is 13.3. The fraction of sp³-hybridized carbons (Fsp3) is 0.419. The van der Waals surface area contributed by atoms with Crippen molar-refractivity contribution in [3.05, 3.63) is 125 Å². The van der Waals surface area contributed by atoms with E-state index >= 15 is 0 Å². The lowest BCUT2D eigenvalue weighted by molar-refractivity contribution is 0.199. The highest BCUT2D eigenvalue weighted by Gasteiger charge is 2.63. The summed E-state index contributed by atoms with van der Waals surface area (Å²) in [6.45, 7) is 27.1. The molecule has 3 aliphatic heterocycles. The molecule has 2 aromatic heterocycles. The van der Waals surface area contributed by atoms with Gasteiger partial charge in [-0.25, -0.2) is 0 Å². The number of fused-ring (bicyclic) bond motifs is 13. The Balaban J connectivity index is 1.22. The van der Waals surface area contributed by atoms with Crippen molar-refractivity contribution in [2.75, 3.05) is 4.81 Å². The van der Waals surface area contributed by atoms with Crippen molar-refractivity contribution < 1.29 is 0 Å². The number of hydrogen-bond acceptors (Lipinski definition) is 1. The molecule has 0 radical (unpaired) electrons. The van der Waals surface area contributed by atoms with Gasteiger partial charge in [0.1, 0.15) is 0 Å². The van der Waals surface area contributed by atoms with Crippen LogP contribution >= 0.6 is 0 Å². The molecule has 0 spiro atoms. The number of nitrogens with zero attached hydrogens (tertiary/aromatic N) is 3. The van der Waals surface area contributed by atoms with Crippen molar-refractivity contribution in [1.29, 1.82) is 0 Å². The fourth-order valence-corrected chi connectivity index (χ4v) is 14.3. The fourth-order valence-electron chi connectivity index (χ4n) is 14.3. The molecule has 334 valence electrons. The monoisotopic (exact) mass is 866 g/mol. The first-order valence-corrected chi connectivity index (χ1v) is 25.7. The summed E-state index contributed by atoms with van der Waals surface area (Å²) in [6, 6.07) is 39.6. The smallest absolute Gasteiger partial charge is 0.328 e. The van der Waals surface area contributed by atoms with E-state index in [1.165, 1.54) is 152 Å². The molecule has 5 aliphatic rings. The normalized spacial score (nSPS) is 21.6. The molecular weight excluding hydrogens is 798 g/mol. The van der Waals surface area contributed by atoms with Crippen LogP contribution in [0, 0.1) is 0 Å². The molecule has 8 aromatic rings. The van der Waals surface area contributed by atoms with Gasteiger partial charge in [-0.1, -0.05) is 144 Å². The summed E-state index contributed by atoms with van der Waals surface area (Å²) >= 11 is 0. The minimum Gasteiger partial charge on any atom is -0.400 e. The lowest BCUT2D eigenvalue weighted by atomic mass is 9.42. The van der Waals surface area contributed by atoms with Gasteiger partial charge in [-0.2, -0.15) is 0 Å². The maximum Gasteiger partial charge on any atom is 0.328 e. The van der Waals surface area contributed by atoms with Crippen LogP contribution in [0.5, 0.6) is 0 Å². The third kappa shape index (κ3) is 5.34. The Labute approximate surface area is 393 Å². The Morgan fingerprint density at radius 2 is 1.18 bits per heavy atom. The molecule has 2 unspecified atom stereocenters. The second-order valence-electron chi connectivity index (χ2n) is 25.2. The van der Waals surface area contributed by atoms with Crippen molar-refractivity contribution in [3.63, 3.8) is 0 Å². The van der Waals surface area contributed by atoms with E-state index in [9.17, 15) is 0 Å². The van der Waals surface area contributed by atoms with Gasteiger partial charge in [0.15, 0.2) is 0 Å². The Hall–Kier alpha value is -5.22. The van der Waals surface area contributed by atoms with E-state index in [4.69, 9.17) is 0 Å². The molecular formula is C62H68BN3. The summed E-state index contributed by atoms with van der Waals surface area (Å²) in [5, 5.41) is 5.43. The molecule has 66 heavy (non-hydrogen) atoms. The van der Waals surface area contributed by atoms with Gasteiger partial charge in [-0.3, -0.25) is 0 Å². The van der Waals surface area contributed by atoms with Gasteiger partial charge in [0.2, 0.25) is 0 Å². The molecule has 13 rings (SSSR count). The quantitative estimate of drug-likeness (QED) is 0.158. The van der Waals surface area contributed by atoms with Gasteiger partial charge in [0.25, 0.3) is 0 Å². The summed E-state index contributed by atoms with van der Waals surface area (Å²) < 4.78 is 5.34. The average molecular weight is 866 g/mol. The van der Waals surface area contributed by atoms with E-state index in [2.05, 4.69) is 187 Å². The van der Waals surface area contributed by atoms with Gasteiger partial charge in [0, 0.05) is 55.1 Å². The second-order valence-corrected chi connectivity index (χ2v) is 25.2. The number of rotatable bonds is 2. The van der Waals surface area contributed by atoms with Crippen LogP contribution in [-0.2, 0) is 21.7 Å². The molecule has 2 aliphatic carbocycles.